The van der Waals surface area contributed by atoms with E-state index in [4.69, 9.17) is 21.1 Å². The number of fused-ring (bicyclic) bond motifs is 1. The Morgan fingerprint density at radius 2 is 2.00 bits per heavy atom. The fourth-order valence-corrected chi connectivity index (χ4v) is 6.48. The monoisotopic (exact) mass is 638 g/mol. The van der Waals surface area contributed by atoms with Crippen LogP contribution in [-0.4, -0.2) is 35.3 Å². The molecule has 0 bridgehead atoms. The van der Waals surface area contributed by atoms with E-state index in [9.17, 15) is 8.42 Å². The highest BCUT2D eigenvalue weighted by atomic mass is 127. The Hall–Kier alpha value is -2.41. The maximum atomic E-state index is 13.4. The molecule has 0 aliphatic carbocycles. The quantitative estimate of drug-likeness (QED) is 0.203. The van der Waals surface area contributed by atoms with Crippen LogP contribution in [0.15, 0.2) is 59.6 Å². The molecule has 1 N–H and O–H groups in total. The maximum absolute atomic E-state index is 13.4. The summed E-state index contributed by atoms with van der Waals surface area (Å²) < 4.78 is 40.3. The molecule has 188 valence electrons. The highest BCUT2D eigenvalue weighted by molar-refractivity contribution is 14.1. The van der Waals surface area contributed by atoms with E-state index in [0.717, 1.165) is 40.1 Å². The number of aromatic nitrogens is 3. The van der Waals surface area contributed by atoms with Crippen molar-refractivity contribution in [3.8, 4) is 5.75 Å². The zero-order valence-corrected chi connectivity index (χ0v) is 23.2. The topological polar surface area (TPSA) is 95.3 Å². The number of anilines is 1. The average molecular weight is 639 g/mol. The Bertz CT molecular complexity index is 1500. The first kappa shape index (κ1) is 25.2. The van der Waals surface area contributed by atoms with Crippen LogP contribution in [-0.2, 0) is 21.3 Å². The summed E-state index contributed by atoms with van der Waals surface area (Å²) in [7, 11) is -3.88. The van der Waals surface area contributed by atoms with Gasteiger partial charge in [-0.2, -0.15) is 4.98 Å². The van der Waals surface area contributed by atoms with Gasteiger partial charge in [0.1, 0.15) is 11.6 Å². The van der Waals surface area contributed by atoms with E-state index in [1.165, 1.54) is 6.20 Å². The van der Waals surface area contributed by atoms with E-state index in [2.05, 4.69) is 37.9 Å². The summed E-state index contributed by atoms with van der Waals surface area (Å²) in [5.74, 6) is 1.19. The molecule has 1 aliphatic rings. The lowest BCUT2D eigenvalue weighted by molar-refractivity contribution is -0.105. The number of hydrogen-bond acceptors (Lipinski definition) is 7. The zero-order chi connectivity index (χ0) is 25.3. The van der Waals surface area contributed by atoms with Crippen LogP contribution in [0.25, 0.3) is 11.0 Å². The maximum Gasteiger partial charge on any atom is 0.269 e. The van der Waals surface area contributed by atoms with Crippen molar-refractivity contribution in [2.45, 2.75) is 43.9 Å². The van der Waals surface area contributed by atoms with Gasteiger partial charge >= 0.3 is 0 Å². The first-order chi connectivity index (χ1) is 17.3. The summed E-state index contributed by atoms with van der Waals surface area (Å²) >= 11 is 8.32. The number of aryl methyl sites for hydroxylation is 1. The van der Waals surface area contributed by atoms with Crippen molar-refractivity contribution in [2.24, 2.45) is 0 Å². The minimum Gasteiger partial charge on any atom is -0.465 e. The molecule has 11 heteroatoms. The molecule has 1 aliphatic heterocycles. The van der Waals surface area contributed by atoms with Crippen LogP contribution >= 0.6 is 34.2 Å². The van der Waals surface area contributed by atoms with Gasteiger partial charge in [-0.05, 0) is 83.8 Å². The van der Waals surface area contributed by atoms with E-state index in [0.29, 0.717) is 27.9 Å². The first-order valence-corrected chi connectivity index (χ1v) is 14.4. The fraction of sp³-hybridized carbons (Fsp3) is 0.280. The molecule has 36 heavy (non-hydrogen) atoms. The van der Waals surface area contributed by atoms with Crippen molar-refractivity contribution < 1.29 is 17.9 Å². The number of halogens is 2. The molecule has 0 spiro atoms. The van der Waals surface area contributed by atoms with Gasteiger partial charge in [0, 0.05) is 22.7 Å². The Morgan fingerprint density at radius 1 is 1.19 bits per heavy atom. The van der Waals surface area contributed by atoms with Crippen molar-refractivity contribution in [3.05, 3.63) is 74.7 Å². The second-order valence-corrected chi connectivity index (χ2v) is 11.9. The number of rotatable bonds is 7. The Kier molecular flexibility index (Phi) is 7.38. The summed E-state index contributed by atoms with van der Waals surface area (Å²) in [5.41, 5.74) is 2.15. The van der Waals surface area contributed by atoms with Crippen LogP contribution in [0, 0.1) is 10.5 Å². The second kappa shape index (κ2) is 10.5. The van der Waals surface area contributed by atoms with Gasteiger partial charge in [0.25, 0.3) is 10.0 Å². The number of ether oxygens (including phenoxy) is 2. The molecule has 1 atom stereocenters. The van der Waals surface area contributed by atoms with Gasteiger partial charge in [-0.3, -0.25) is 0 Å². The first-order valence-electron chi connectivity index (χ1n) is 11.5. The smallest absolute Gasteiger partial charge is 0.269 e. The van der Waals surface area contributed by atoms with Gasteiger partial charge in [-0.1, -0.05) is 29.8 Å². The highest BCUT2D eigenvalue weighted by Gasteiger charge is 2.24. The molecule has 5 rings (SSSR count). The predicted octanol–water partition coefficient (Wildman–Crippen LogP) is 5.75. The Morgan fingerprint density at radius 3 is 2.75 bits per heavy atom. The zero-order valence-electron chi connectivity index (χ0n) is 19.4. The molecule has 4 aromatic rings. The summed E-state index contributed by atoms with van der Waals surface area (Å²) in [6.45, 7) is 3.05. The lowest BCUT2D eigenvalue weighted by Gasteiger charge is -2.23. The number of benzene rings is 2. The third kappa shape index (κ3) is 5.31. The molecular formula is C25H24ClIN4O4S. The number of nitrogens with one attached hydrogen (secondary N) is 1. The third-order valence-corrected chi connectivity index (χ3v) is 8.53. The Labute approximate surface area is 228 Å². The van der Waals surface area contributed by atoms with Gasteiger partial charge in [0.05, 0.1) is 16.9 Å². The highest BCUT2D eigenvalue weighted by Crippen LogP contribution is 2.32. The lowest BCUT2D eigenvalue weighted by Crippen LogP contribution is -2.25. The van der Waals surface area contributed by atoms with E-state index >= 15 is 0 Å². The lowest BCUT2D eigenvalue weighted by atomic mass is 10.2. The molecule has 1 unspecified atom stereocenters. The molecular weight excluding hydrogens is 615 g/mol. The van der Waals surface area contributed by atoms with E-state index < -0.39 is 10.0 Å². The molecule has 1 saturated heterocycles. The van der Waals surface area contributed by atoms with Crippen LogP contribution in [0.3, 0.4) is 0 Å². The average Bonchev–Trinajstić information content (AvgIpc) is 3.20. The van der Waals surface area contributed by atoms with Crippen LogP contribution in [0.5, 0.6) is 5.75 Å². The fourth-order valence-electron chi connectivity index (χ4n) is 4.04. The normalized spacial score (nSPS) is 16.2. The molecule has 3 heterocycles. The summed E-state index contributed by atoms with van der Waals surface area (Å²) in [5, 5.41) is 3.83. The van der Waals surface area contributed by atoms with Gasteiger partial charge < -0.3 is 14.8 Å². The van der Waals surface area contributed by atoms with Crippen LogP contribution in [0.4, 0.5) is 5.82 Å². The van der Waals surface area contributed by atoms with Gasteiger partial charge in [-0.15, -0.1) is 0 Å². The third-order valence-electron chi connectivity index (χ3n) is 5.88. The summed E-state index contributed by atoms with van der Waals surface area (Å²) in [4.78, 5) is 8.78. The van der Waals surface area contributed by atoms with Crippen LogP contribution < -0.4 is 10.1 Å². The van der Waals surface area contributed by atoms with E-state index in [1.807, 2.05) is 31.2 Å². The number of hydrogen-bond donors (Lipinski definition) is 1. The van der Waals surface area contributed by atoms with Crippen LogP contribution in [0.1, 0.15) is 30.4 Å². The molecule has 0 amide bonds. The molecule has 0 radical (unpaired) electrons. The minimum atomic E-state index is -3.88. The molecule has 8 nitrogen and oxygen atoms in total. The second-order valence-electron chi connectivity index (χ2n) is 8.55. The van der Waals surface area contributed by atoms with Crippen LogP contribution in [0.2, 0.25) is 5.28 Å². The van der Waals surface area contributed by atoms with Crippen molar-refractivity contribution in [2.75, 3.05) is 11.9 Å². The Balaban J connectivity index is 1.43. The SMILES string of the molecule is Cc1ccc(S(=O)(=O)n2cc(I)c3c(NCc4cccc(OC5CCCCO5)c4)nc(Cl)nc32)cc1. The van der Waals surface area contributed by atoms with Crippen molar-refractivity contribution in [1.82, 2.24) is 13.9 Å². The minimum absolute atomic E-state index is 0.0496. The number of nitrogens with zero attached hydrogens (tertiary/aromatic N) is 3. The van der Waals surface area contributed by atoms with Gasteiger partial charge in [0.2, 0.25) is 5.28 Å². The molecule has 2 aromatic heterocycles. The van der Waals surface area contributed by atoms with Gasteiger partial charge in [0.15, 0.2) is 11.9 Å². The summed E-state index contributed by atoms with van der Waals surface area (Å²) in [6.07, 6.45) is 4.34. The van der Waals surface area contributed by atoms with Gasteiger partial charge in [-0.25, -0.2) is 17.4 Å². The van der Waals surface area contributed by atoms with E-state index in [1.54, 1.807) is 24.3 Å². The standard InChI is InChI=1S/C25H24ClIN4O4S/c1-16-8-10-19(11-9-16)36(32,33)31-15-20(27)22-23(29-25(26)30-24(22)31)28-14-17-5-4-6-18(13-17)35-21-7-2-3-12-34-21/h4-6,8-11,13,15,21H,2-3,7,12,14H2,1H3,(H,28,29,30). The largest absolute Gasteiger partial charge is 0.465 e. The van der Waals surface area contributed by atoms with Crippen molar-refractivity contribution in [1.29, 1.82) is 0 Å². The molecule has 2 aromatic carbocycles. The summed E-state index contributed by atoms with van der Waals surface area (Å²) in [6, 6.07) is 14.4. The van der Waals surface area contributed by atoms with Crippen molar-refractivity contribution >= 4 is 61.1 Å². The molecule has 1 fully saturated rings. The van der Waals surface area contributed by atoms with E-state index in [-0.39, 0.29) is 22.1 Å². The van der Waals surface area contributed by atoms with Crippen molar-refractivity contribution in [3.63, 3.8) is 0 Å². The molecule has 0 saturated carbocycles. The predicted molar refractivity (Wildman–Crippen MR) is 147 cm³/mol.